The zero-order valence-corrected chi connectivity index (χ0v) is 18.2. The van der Waals surface area contributed by atoms with Gasteiger partial charge in [0.2, 0.25) is 5.91 Å². The van der Waals surface area contributed by atoms with Gasteiger partial charge in [-0.25, -0.2) is 5.48 Å². The van der Waals surface area contributed by atoms with Crippen LogP contribution in [0.1, 0.15) is 55.1 Å². The molecule has 2 aliphatic rings. The minimum Gasteiger partial charge on any atom is -0.489 e. The zero-order chi connectivity index (χ0) is 22.2. The summed E-state index contributed by atoms with van der Waals surface area (Å²) in [5.74, 6) is 0.176. The van der Waals surface area contributed by atoms with Crippen molar-refractivity contribution in [3.8, 4) is 5.75 Å². The Morgan fingerprint density at radius 1 is 1.23 bits per heavy atom. The highest BCUT2D eigenvalue weighted by atomic mass is 16.5. The molecule has 2 saturated heterocycles. The molecule has 7 heteroatoms. The van der Waals surface area contributed by atoms with E-state index in [1.54, 1.807) is 10.4 Å². The summed E-state index contributed by atoms with van der Waals surface area (Å²) in [5, 5.41) is 9.08. The average molecular weight is 424 g/mol. The average Bonchev–Trinajstić information content (AvgIpc) is 3.02. The highest BCUT2D eigenvalue weighted by Gasteiger charge is 2.53. The summed E-state index contributed by atoms with van der Waals surface area (Å²) in [4.78, 5) is 31.6. The molecule has 0 saturated carbocycles. The van der Waals surface area contributed by atoms with Crippen LogP contribution in [0.15, 0.2) is 36.4 Å². The second kappa shape index (κ2) is 8.30. The summed E-state index contributed by atoms with van der Waals surface area (Å²) in [7, 11) is 0. The second-order valence-corrected chi connectivity index (χ2v) is 8.90. The van der Waals surface area contributed by atoms with E-state index in [-0.39, 0.29) is 11.9 Å². The van der Waals surface area contributed by atoms with Gasteiger partial charge in [-0.2, -0.15) is 0 Å². The maximum Gasteiger partial charge on any atom is 0.266 e. The number of aromatic nitrogens is 1. The summed E-state index contributed by atoms with van der Waals surface area (Å²) >= 11 is 0. The first-order chi connectivity index (χ1) is 14.8. The van der Waals surface area contributed by atoms with Crippen molar-refractivity contribution in [2.75, 3.05) is 0 Å². The van der Waals surface area contributed by atoms with Crippen LogP contribution < -0.4 is 10.2 Å². The van der Waals surface area contributed by atoms with Crippen molar-refractivity contribution < 1.29 is 19.5 Å². The first-order valence-corrected chi connectivity index (χ1v) is 10.8. The summed E-state index contributed by atoms with van der Waals surface area (Å²) in [6, 6.07) is 11.1. The highest BCUT2D eigenvalue weighted by Crippen LogP contribution is 2.44. The molecule has 164 valence electrons. The molecule has 2 aromatic rings. The number of nitrogens with one attached hydrogen (secondary N) is 1. The van der Waals surface area contributed by atoms with E-state index in [2.05, 4.69) is 4.98 Å². The SMILES string of the molecule is Cc1cc(COc2ccc([C@]3(C)CC4CCC[C@@H](C(=O)NO)N4C3=O)cc2)cc(C)n1. The number of hydroxylamine groups is 1. The van der Waals surface area contributed by atoms with Crippen molar-refractivity contribution in [1.82, 2.24) is 15.4 Å². The first kappa shape index (κ1) is 21.3. The van der Waals surface area contributed by atoms with E-state index in [1.807, 2.05) is 57.2 Å². The number of benzene rings is 1. The molecule has 0 spiro atoms. The monoisotopic (exact) mass is 423 g/mol. The summed E-state index contributed by atoms with van der Waals surface area (Å²) in [6.07, 6.45) is 2.98. The molecule has 2 amide bonds. The van der Waals surface area contributed by atoms with Crippen LogP contribution in [0.5, 0.6) is 5.75 Å². The highest BCUT2D eigenvalue weighted by molar-refractivity contribution is 5.95. The third-order valence-electron chi connectivity index (χ3n) is 6.55. The van der Waals surface area contributed by atoms with Gasteiger partial charge in [-0.3, -0.25) is 19.8 Å². The lowest BCUT2D eigenvalue weighted by molar-refractivity contribution is -0.147. The Bertz CT molecular complexity index is 971. The fourth-order valence-electron chi connectivity index (χ4n) is 5.09. The normalized spacial score (nSPS) is 25.3. The fraction of sp³-hybridized carbons (Fsp3) is 0.458. The number of hydrogen-bond donors (Lipinski definition) is 2. The molecule has 31 heavy (non-hydrogen) atoms. The van der Waals surface area contributed by atoms with Crippen LogP contribution >= 0.6 is 0 Å². The Labute approximate surface area is 182 Å². The number of amides is 2. The number of piperidine rings is 1. The third kappa shape index (κ3) is 4.02. The van der Waals surface area contributed by atoms with Crippen LogP contribution in [-0.4, -0.2) is 39.0 Å². The van der Waals surface area contributed by atoms with Crippen molar-refractivity contribution in [2.24, 2.45) is 0 Å². The Balaban J connectivity index is 1.49. The van der Waals surface area contributed by atoms with E-state index >= 15 is 0 Å². The Kier molecular flexibility index (Phi) is 5.71. The predicted octanol–water partition coefficient (Wildman–Crippen LogP) is 3.19. The molecule has 0 radical (unpaired) electrons. The van der Waals surface area contributed by atoms with Crippen molar-refractivity contribution in [1.29, 1.82) is 0 Å². The van der Waals surface area contributed by atoms with Crippen LogP contribution in [0, 0.1) is 13.8 Å². The zero-order valence-electron chi connectivity index (χ0n) is 18.2. The fourth-order valence-corrected chi connectivity index (χ4v) is 5.09. The number of ether oxygens (including phenoxy) is 1. The van der Waals surface area contributed by atoms with E-state index in [4.69, 9.17) is 9.94 Å². The van der Waals surface area contributed by atoms with Gasteiger partial charge >= 0.3 is 0 Å². The molecule has 1 aromatic heterocycles. The number of hydrogen-bond acceptors (Lipinski definition) is 5. The number of carbonyl (C=O) groups excluding carboxylic acids is 2. The van der Waals surface area contributed by atoms with Gasteiger partial charge in [-0.05, 0) is 81.8 Å². The van der Waals surface area contributed by atoms with Crippen LogP contribution in [0.25, 0.3) is 0 Å². The van der Waals surface area contributed by atoms with Crippen molar-refractivity contribution in [2.45, 2.75) is 70.6 Å². The van der Waals surface area contributed by atoms with Gasteiger partial charge in [0, 0.05) is 17.4 Å². The van der Waals surface area contributed by atoms with Crippen molar-refractivity contribution >= 4 is 11.8 Å². The number of pyridine rings is 1. The summed E-state index contributed by atoms with van der Waals surface area (Å²) < 4.78 is 5.93. The maximum atomic E-state index is 13.4. The molecular weight excluding hydrogens is 394 g/mol. The van der Waals surface area contributed by atoms with Gasteiger partial charge in [-0.15, -0.1) is 0 Å². The van der Waals surface area contributed by atoms with E-state index < -0.39 is 17.4 Å². The molecule has 3 heterocycles. The second-order valence-electron chi connectivity index (χ2n) is 8.90. The standard InChI is InChI=1S/C24H29N3O4/c1-15-11-17(12-16(2)25-15)14-31-20-9-7-18(8-10-20)24(3)13-19-5-4-6-21(22(28)26-30)27(19)23(24)29/h7-12,19,21,30H,4-6,13-14H2,1-3H3,(H,26,28)/t19?,21-,24-/m0/s1. The maximum absolute atomic E-state index is 13.4. The van der Waals surface area contributed by atoms with E-state index in [1.165, 1.54) is 0 Å². The lowest BCUT2D eigenvalue weighted by atomic mass is 9.79. The van der Waals surface area contributed by atoms with Crippen LogP contribution in [0.4, 0.5) is 0 Å². The van der Waals surface area contributed by atoms with Crippen molar-refractivity contribution in [3.05, 3.63) is 58.9 Å². The van der Waals surface area contributed by atoms with Crippen LogP contribution in [-0.2, 0) is 21.6 Å². The topological polar surface area (TPSA) is 91.8 Å². The van der Waals surface area contributed by atoms with Gasteiger partial charge in [0.15, 0.2) is 0 Å². The number of aryl methyl sites for hydroxylation is 2. The first-order valence-electron chi connectivity index (χ1n) is 10.8. The smallest absolute Gasteiger partial charge is 0.266 e. The number of fused-ring (bicyclic) bond motifs is 1. The van der Waals surface area contributed by atoms with Gasteiger partial charge < -0.3 is 9.64 Å². The van der Waals surface area contributed by atoms with Gasteiger partial charge in [0.1, 0.15) is 18.4 Å². The molecule has 2 N–H and O–H groups in total. The van der Waals surface area contributed by atoms with E-state index in [0.29, 0.717) is 19.4 Å². The van der Waals surface area contributed by atoms with Crippen LogP contribution in [0.2, 0.25) is 0 Å². The molecule has 2 fully saturated rings. The number of carbonyl (C=O) groups is 2. The number of rotatable bonds is 5. The van der Waals surface area contributed by atoms with Crippen LogP contribution in [0.3, 0.4) is 0 Å². The molecule has 7 nitrogen and oxygen atoms in total. The Hall–Kier alpha value is -2.93. The lowest BCUT2D eigenvalue weighted by Crippen LogP contribution is -2.53. The summed E-state index contributed by atoms with van der Waals surface area (Å²) in [5.41, 5.74) is 4.94. The molecular formula is C24H29N3O4. The molecule has 1 aromatic carbocycles. The largest absolute Gasteiger partial charge is 0.489 e. The molecule has 4 rings (SSSR count). The van der Waals surface area contributed by atoms with E-state index in [0.717, 1.165) is 41.1 Å². The van der Waals surface area contributed by atoms with Gasteiger partial charge in [0.05, 0.1) is 5.41 Å². The molecule has 2 aliphatic heterocycles. The van der Waals surface area contributed by atoms with Gasteiger partial charge in [0.25, 0.3) is 5.91 Å². The van der Waals surface area contributed by atoms with E-state index in [9.17, 15) is 9.59 Å². The van der Waals surface area contributed by atoms with Crippen molar-refractivity contribution in [3.63, 3.8) is 0 Å². The third-order valence-corrected chi connectivity index (χ3v) is 6.55. The molecule has 0 aliphatic carbocycles. The predicted molar refractivity (Wildman–Crippen MR) is 115 cm³/mol. The quantitative estimate of drug-likeness (QED) is 0.569. The Morgan fingerprint density at radius 3 is 2.55 bits per heavy atom. The number of nitrogens with zero attached hydrogens (tertiary/aromatic N) is 2. The Morgan fingerprint density at radius 2 is 1.90 bits per heavy atom. The minimum atomic E-state index is -0.694. The van der Waals surface area contributed by atoms with Gasteiger partial charge in [-0.1, -0.05) is 12.1 Å². The lowest BCUT2D eigenvalue weighted by Gasteiger charge is -2.36. The molecule has 0 bridgehead atoms. The molecule has 3 atom stereocenters. The molecule has 1 unspecified atom stereocenters. The minimum absolute atomic E-state index is 0.0163. The summed E-state index contributed by atoms with van der Waals surface area (Å²) in [6.45, 7) is 6.33.